The van der Waals surface area contributed by atoms with Crippen LogP contribution in [0, 0.1) is 11.7 Å². The summed E-state index contributed by atoms with van der Waals surface area (Å²) in [6.45, 7) is 2.30. The Morgan fingerprint density at radius 1 is 1.27 bits per heavy atom. The van der Waals surface area contributed by atoms with Crippen LogP contribution in [0.15, 0.2) is 18.3 Å². The molecule has 0 amide bonds. The van der Waals surface area contributed by atoms with Crippen molar-refractivity contribution in [2.45, 2.75) is 38.6 Å². The van der Waals surface area contributed by atoms with Gasteiger partial charge in [0, 0.05) is 6.04 Å². The van der Waals surface area contributed by atoms with Crippen LogP contribution >= 0.6 is 0 Å². The lowest BCUT2D eigenvalue weighted by molar-refractivity contribution is 0.361. The first-order valence-corrected chi connectivity index (χ1v) is 5.62. The van der Waals surface area contributed by atoms with Gasteiger partial charge in [0.05, 0.1) is 6.20 Å². The molecular weight excluding hydrogens is 191 g/mol. The second-order valence-corrected chi connectivity index (χ2v) is 4.46. The fraction of sp³-hybridized carbons (Fsp3) is 0.583. The topological polar surface area (TPSA) is 24.9 Å². The van der Waals surface area contributed by atoms with Gasteiger partial charge in [-0.3, -0.25) is 0 Å². The highest BCUT2D eigenvalue weighted by Crippen LogP contribution is 2.25. The summed E-state index contributed by atoms with van der Waals surface area (Å²) >= 11 is 0. The van der Waals surface area contributed by atoms with Gasteiger partial charge < -0.3 is 5.32 Å². The number of nitrogens with zero attached hydrogens (tertiary/aromatic N) is 1. The first-order valence-electron chi connectivity index (χ1n) is 5.62. The number of aromatic nitrogens is 1. The molecule has 0 bridgehead atoms. The molecule has 0 saturated heterocycles. The summed E-state index contributed by atoms with van der Waals surface area (Å²) in [6.07, 6.45) is 6.20. The number of pyridine rings is 1. The molecule has 0 atom stereocenters. The highest BCUT2D eigenvalue weighted by Gasteiger charge is 2.17. The van der Waals surface area contributed by atoms with Crippen LogP contribution in [0.4, 0.5) is 10.2 Å². The Hall–Kier alpha value is -1.12. The van der Waals surface area contributed by atoms with Crippen molar-refractivity contribution in [3.63, 3.8) is 0 Å². The molecule has 1 heterocycles. The van der Waals surface area contributed by atoms with Crippen molar-refractivity contribution in [2.75, 3.05) is 5.32 Å². The van der Waals surface area contributed by atoms with Crippen molar-refractivity contribution in [3.8, 4) is 0 Å². The normalized spacial score (nSPS) is 26.3. The van der Waals surface area contributed by atoms with E-state index >= 15 is 0 Å². The Morgan fingerprint density at radius 3 is 2.60 bits per heavy atom. The van der Waals surface area contributed by atoms with E-state index in [9.17, 15) is 4.39 Å². The standard InChI is InChI=1S/C12H17FN2/c1-9-2-5-11(6-3-9)15-12-7-4-10(13)8-14-12/h4,7-9,11H,2-3,5-6H2,1H3,(H,14,15). The van der Waals surface area contributed by atoms with Gasteiger partial charge in [-0.2, -0.15) is 0 Å². The van der Waals surface area contributed by atoms with E-state index in [1.807, 2.05) is 0 Å². The molecule has 2 rings (SSSR count). The molecule has 15 heavy (non-hydrogen) atoms. The molecule has 0 aromatic carbocycles. The quantitative estimate of drug-likeness (QED) is 0.807. The lowest BCUT2D eigenvalue weighted by Gasteiger charge is -2.27. The third-order valence-electron chi connectivity index (χ3n) is 3.10. The minimum atomic E-state index is -0.280. The first-order chi connectivity index (χ1) is 7.24. The molecule has 3 heteroatoms. The maximum absolute atomic E-state index is 12.6. The predicted octanol–water partition coefficient (Wildman–Crippen LogP) is 3.21. The third-order valence-corrected chi connectivity index (χ3v) is 3.10. The van der Waals surface area contributed by atoms with E-state index in [1.54, 1.807) is 6.07 Å². The second-order valence-electron chi connectivity index (χ2n) is 4.46. The van der Waals surface area contributed by atoms with Crippen molar-refractivity contribution in [1.82, 2.24) is 4.98 Å². The van der Waals surface area contributed by atoms with E-state index in [2.05, 4.69) is 17.2 Å². The van der Waals surface area contributed by atoms with Crippen molar-refractivity contribution in [3.05, 3.63) is 24.1 Å². The van der Waals surface area contributed by atoms with Crippen molar-refractivity contribution in [1.29, 1.82) is 0 Å². The Kier molecular flexibility index (Phi) is 3.19. The van der Waals surface area contributed by atoms with Crippen LogP contribution < -0.4 is 5.32 Å². The Morgan fingerprint density at radius 2 is 2.00 bits per heavy atom. The van der Waals surface area contributed by atoms with Gasteiger partial charge >= 0.3 is 0 Å². The summed E-state index contributed by atoms with van der Waals surface area (Å²) in [7, 11) is 0. The van der Waals surface area contributed by atoms with E-state index in [0.29, 0.717) is 6.04 Å². The zero-order chi connectivity index (χ0) is 10.7. The van der Waals surface area contributed by atoms with Gasteiger partial charge in [-0.25, -0.2) is 9.37 Å². The molecule has 1 aliphatic rings. The van der Waals surface area contributed by atoms with E-state index < -0.39 is 0 Å². The highest BCUT2D eigenvalue weighted by molar-refractivity contribution is 5.34. The molecule has 1 fully saturated rings. The number of hydrogen-bond donors (Lipinski definition) is 1. The average Bonchev–Trinajstić information content (AvgIpc) is 2.25. The van der Waals surface area contributed by atoms with Gasteiger partial charge in [-0.05, 0) is 43.7 Å². The minimum Gasteiger partial charge on any atom is -0.367 e. The lowest BCUT2D eigenvalue weighted by atomic mass is 9.87. The molecule has 1 N–H and O–H groups in total. The maximum atomic E-state index is 12.6. The highest BCUT2D eigenvalue weighted by atomic mass is 19.1. The fourth-order valence-corrected chi connectivity index (χ4v) is 2.07. The van der Waals surface area contributed by atoms with E-state index in [1.165, 1.54) is 37.9 Å². The summed E-state index contributed by atoms with van der Waals surface area (Å²) in [5, 5.41) is 3.35. The summed E-state index contributed by atoms with van der Waals surface area (Å²) < 4.78 is 12.6. The second kappa shape index (κ2) is 4.60. The molecule has 1 aromatic heterocycles. The number of halogens is 1. The van der Waals surface area contributed by atoms with Crippen LogP contribution in [0.3, 0.4) is 0 Å². The van der Waals surface area contributed by atoms with Crippen molar-refractivity contribution < 1.29 is 4.39 Å². The van der Waals surface area contributed by atoms with Gasteiger partial charge in [-0.15, -0.1) is 0 Å². The van der Waals surface area contributed by atoms with Crippen LogP contribution in [0.2, 0.25) is 0 Å². The summed E-state index contributed by atoms with van der Waals surface area (Å²) in [5.41, 5.74) is 0. The lowest BCUT2D eigenvalue weighted by Crippen LogP contribution is -2.25. The van der Waals surface area contributed by atoms with Gasteiger partial charge in [0.25, 0.3) is 0 Å². The zero-order valence-electron chi connectivity index (χ0n) is 9.04. The van der Waals surface area contributed by atoms with Crippen LogP contribution in [0.1, 0.15) is 32.6 Å². The summed E-state index contributed by atoms with van der Waals surface area (Å²) in [5.74, 6) is 1.36. The smallest absolute Gasteiger partial charge is 0.141 e. The van der Waals surface area contributed by atoms with Gasteiger partial charge in [0.15, 0.2) is 0 Å². The van der Waals surface area contributed by atoms with Crippen LogP contribution in [-0.2, 0) is 0 Å². The average molecular weight is 208 g/mol. The Bertz CT molecular complexity index is 302. The first kappa shape index (κ1) is 10.4. The zero-order valence-corrected chi connectivity index (χ0v) is 9.04. The van der Waals surface area contributed by atoms with Crippen LogP contribution in [0.5, 0.6) is 0 Å². The monoisotopic (exact) mass is 208 g/mol. The van der Waals surface area contributed by atoms with Crippen LogP contribution in [0.25, 0.3) is 0 Å². The molecule has 1 saturated carbocycles. The molecular formula is C12H17FN2. The van der Waals surface area contributed by atoms with Crippen molar-refractivity contribution in [2.24, 2.45) is 5.92 Å². The number of rotatable bonds is 2. The van der Waals surface area contributed by atoms with E-state index in [4.69, 9.17) is 0 Å². The molecule has 82 valence electrons. The van der Waals surface area contributed by atoms with Crippen LogP contribution in [-0.4, -0.2) is 11.0 Å². The molecule has 2 nitrogen and oxygen atoms in total. The number of anilines is 1. The number of nitrogens with one attached hydrogen (secondary N) is 1. The van der Waals surface area contributed by atoms with Gasteiger partial charge in [0.2, 0.25) is 0 Å². The molecule has 0 spiro atoms. The van der Waals surface area contributed by atoms with Crippen molar-refractivity contribution >= 4 is 5.82 Å². The molecule has 1 aliphatic carbocycles. The maximum Gasteiger partial charge on any atom is 0.141 e. The van der Waals surface area contributed by atoms with E-state index in [-0.39, 0.29) is 5.82 Å². The molecule has 0 radical (unpaired) electrons. The van der Waals surface area contributed by atoms with Gasteiger partial charge in [0.1, 0.15) is 11.6 Å². The molecule has 1 aromatic rings. The molecule has 0 unspecified atom stereocenters. The number of hydrogen-bond acceptors (Lipinski definition) is 2. The summed E-state index contributed by atoms with van der Waals surface area (Å²) in [4.78, 5) is 4.01. The molecule has 0 aliphatic heterocycles. The third kappa shape index (κ3) is 2.91. The van der Waals surface area contributed by atoms with Gasteiger partial charge in [-0.1, -0.05) is 6.92 Å². The largest absolute Gasteiger partial charge is 0.367 e. The summed E-state index contributed by atoms with van der Waals surface area (Å²) in [6, 6.07) is 3.66. The Labute approximate surface area is 89.9 Å². The minimum absolute atomic E-state index is 0.280. The fourth-order valence-electron chi connectivity index (χ4n) is 2.07. The predicted molar refractivity (Wildman–Crippen MR) is 59.2 cm³/mol. The van der Waals surface area contributed by atoms with E-state index in [0.717, 1.165) is 11.7 Å². The Balaban J connectivity index is 1.89. The SMILES string of the molecule is CC1CCC(Nc2ccc(F)cn2)CC1.